The molecule has 0 radical (unpaired) electrons. The molecule has 0 saturated carbocycles. The van der Waals surface area contributed by atoms with E-state index in [1.165, 1.54) is 0 Å². The molecule has 2 aromatic rings. The number of hydrogen-bond donors (Lipinski definition) is 2. The SMILES string of the molecule is CC(C)S(=O)(=O)n1c(N)nc2cc(NC(=O)C3CCOC3)ccc21. The van der Waals surface area contributed by atoms with Crippen molar-refractivity contribution in [3.63, 3.8) is 0 Å². The van der Waals surface area contributed by atoms with Crippen LogP contribution < -0.4 is 11.1 Å². The number of nitrogens with zero attached hydrogens (tertiary/aromatic N) is 2. The molecule has 1 unspecified atom stereocenters. The third-order valence-electron chi connectivity index (χ3n) is 4.06. The molecule has 1 atom stereocenters. The van der Waals surface area contributed by atoms with Crippen LogP contribution in [0.2, 0.25) is 0 Å². The first-order valence-corrected chi connectivity index (χ1v) is 9.22. The average Bonchev–Trinajstić information content (AvgIpc) is 3.13. The second-order valence-electron chi connectivity index (χ2n) is 6.08. The molecule has 9 heteroatoms. The number of carbonyl (C=O) groups excluding carboxylic acids is 1. The van der Waals surface area contributed by atoms with Gasteiger partial charge in [0.25, 0.3) is 0 Å². The van der Waals surface area contributed by atoms with E-state index in [2.05, 4.69) is 10.3 Å². The summed E-state index contributed by atoms with van der Waals surface area (Å²) < 4.78 is 31.1. The molecule has 2 heterocycles. The Morgan fingerprint density at radius 2 is 2.21 bits per heavy atom. The monoisotopic (exact) mass is 352 g/mol. The molecule has 0 spiro atoms. The van der Waals surface area contributed by atoms with Crippen molar-refractivity contribution in [3.8, 4) is 0 Å². The minimum atomic E-state index is -3.61. The molecule has 0 aliphatic carbocycles. The molecule has 1 saturated heterocycles. The quantitative estimate of drug-likeness (QED) is 0.853. The van der Waals surface area contributed by atoms with Crippen molar-refractivity contribution in [2.24, 2.45) is 5.92 Å². The maximum Gasteiger partial charge on any atom is 0.244 e. The number of nitrogens with one attached hydrogen (secondary N) is 1. The Morgan fingerprint density at radius 1 is 1.46 bits per heavy atom. The summed E-state index contributed by atoms with van der Waals surface area (Å²) in [5.74, 6) is -0.370. The maximum absolute atomic E-state index is 12.4. The van der Waals surface area contributed by atoms with Gasteiger partial charge in [-0.3, -0.25) is 4.79 Å². The van der Waals surface area contributed by atoms with E-state index in [4.69, 9.17) is 10.5 Å². The number of anilines is 2. The van der Waals surface area contributed by atoms with Crippen LogP contribution in [0.15, 0.2) is 18.2 Å². The first kappa shape index (κ1) is 16.7. The van der Waals surface area contributed by atoms with Gasteiger partial charge in [0.1, 0.15) is 0 Å². The predicted molar refractivity (Wildman–Crippen MR) is 91.2 cm³/mol. The van der Waals surface area contributed by atoms with Crippen molar-refractivity contribution in [1.82, 2.24) is 8.96 Å². The van der Waals surface area contributed by atoms with E-state index < -0.39 is 15.3 Å². The summed E-state index contributed by atoms with van der Waals surface area (Å²) in [7, 11) is -3.61. The zero-order valence-electron chi connectivity index (χ0n) is 13.5. The van der Waals surface area contributed by atoms with Crippen LogP contribution in [0.1, 0.15) is 20.3 Å². The molecule has 3 N–H and O–H groups in total. The molecular formula is C15H20N4O4S. The normalized spacial score (nSPS) is 18.4. The Labute approximate surface area is 140 Å². The highest BCUT2D eigenvalue weighted by Gasteiger charge is 2.26. The lowest BCUT2D eigenvalue weighted by molar-refractivity contribution is -0.119. The summed E-state index contributed by atoms with van der Waals surface area (Å²) in [5.41, 5.74) is 7.15. The number of imidazole rings is 1. The van der Waals surface area contributed by atoms with Crippen LogP contribution in [0.3, 0.4) is 0 Å². The fourth-order valence-electron chi connectivity index (χ4n) is 2.62. The van der Waals surface area contributed by atoms with E-state index in [-0.39, 0.29) is 17.8 Å². The number of carbonyl (C=O) groups is 1. The van der Waals surface area contributed by atoms with Crippen molar-refractivity contribution in [2.45, 2.75) is 25.5 Å². The summed E-state index contributed by atoms with van der Waals surface area (Å²) in [6.07, 6.45) is 0.697. The molecule has 1 aliphatic heterocycles. The molecule has 1 fully saturated rings. The van der Waals surface area contributed by atoms with Crippen LogP contribution in [-0.4, -0.2) is 41.7 Å². The molecule has 1 amide bonds. The van der Waals surface area contributed by atoms with Crippen LogP contribution in [0.5, 0.6) is 0 Å². The van der Waals surface area contributed by atoms with Crippen molar-refractivity contribution in [3.05, 3.63) is 18.2 Å². The van der Waals surface area contributed by atoms with Gasteiger partial charge in [0.05, 0.1) is 28.8 Å². The fraction of sp³-hybridized carbons (Fsp3) is 0.467. The zero-order chi connectivity index (χ0) is 17.5. The third kappa shape index (κ3) is 2.84. The standard InChI is InChI=1S/C15H20N4O4S/c1-9(2)24(21,22)19-13-4-3-11(7-12(13)18-15(19)16)17-14(20)10-5-6-23-8-10/h3-4,7,9-10H,5-6,8H2,1-2H3,(H2,16,18)(H,17,20). The first-order chi connectivity index (χ1) is 11.3. The number of rotatable bonds is 4. The first-order valence-electron chi connectivity index (χ1n) is 7.71. The Hall–Kier alpha value is -2.13. The lowest BCUT2D eigenvalue weighted by atomic mass is 10.1. The topological polar surface area (TPSA) is 116 Å². The number of amides is 1. The largest absolute Gasteiger partial charge is 0.381 e. The number of fused-ring (bicyclic) bond motifs is 1. The zero-order valence-corrected chi connectivity index (χ0v) is 14.3. The van der Waals surface area contributed by atoms with Crippen LogP contribution in [0.4, 0.5) is 11.6 Å². The Kier molecular flexibility index (Phi) is 4.22. The van der Waals surface area contributed by atoms with Gasteiger partial charge in [0.2, 0.25) is 21.9 Å². The second kappa shape index (κ2) is 6.06. The third-order valence-corrected chi connectivity index (χ3v) is 6.14. The fourth-order valence-corrected chi connectivity index (χ4v) is 3.77. The van der Waals surface area contributed by atoms with E-state index in [0.717, 1.165) is 3.97 Å². The molecule has 1 aliphatic rings. The van der Waals surface area contributed by atoms with E-state index in [9.17, 15) is 13.2 Å². The minimum absolute atomic E-state index is 0.0913. The number of ether oxygens (including phenoxy) is 1. The second-order valence-corrected chi connectivity index (χ2v) is 8.42. The van der Waals surface area contributed by atoms with E-state index in [0.29, 0.717) is 36.4 Å². The van der Waals surface area contributed by atoms with Crippen molar-refractivity contribution < 1.29 is 17.9 Å². The van der Waals surface area contributed by atoms with Gasteiger partial charge in [-0.2, -0.15) is 0 Å². The van der Waals surface area contributed by atoms with E-state index in [1.807, 2.05) is 0 Å². The van der Waals surface area contributed by atoms with Gasteiger partial charge >= 0.3 is 0 Å². The molecule has 8 nitrogen and oxygen atoms in total. The number of nitrogens with two attached hydrogens (primary N) is 1. The summed E-state index contributed by atoms with van der Waals surface area (Å²) in [4.78, 5) is 16.2. The Balaban J connectivity index is 1.94. The molecule has 1 aromatic carbocycles. The summed E-state index contributed by atoms with van der Waals surface area (Å²) in [5, 5.41) is 2.18. The van der Waals surface area contributed by atoms with Crippen molar-refractivity contribution in [1.29, 1.82) is 0 Å². The Bertz CT molecular complexity index is 882. The van der Waals surface area contributed by atoms with Crippen molar-refractivity contribution in [2.75, 3.05) is 24.3 Å². The van der Waals surface area contributed by atoms with Crippen LogP contribution in [0.25, 0.3) is 11.0 Å². The van der Waals surface area contributed by atoms with E-state index in [1.54, 1.807) is 32.0 Å². The van der Waals surface area contributed by atoms with Gasteiger partial charge in [0, 0.05) is 12.3 Å². The van der Waals surface area contributed by atoms with Crippen LogP contribution >= 0.6 is 0 Å². The highest BCUT2D eigenvalue weighted by atomic mass is 32.2. The number of hydrogen-bond acceptors (Lipinski definition) is 6. The Morgan fingerprint density at radius 3 is 2.83 bits per heavy atom. The average molecular weight is 352 g/mol. The summed E-state index contributed by atoms with van der Waals surface area (Å²) in [6, 6.07) is 4.86. The van der Waals surface area contributed by atoms with Gasteiger partial charge < -0.3 is 15.8 Å². The molecular weight excluding hydrogens is 332 g/mol. The molecule has 24 heavy (non-hydrogen) atoms. The lowest BCUT2D eigenvalue weighted by Gasteiger charge is -2.12. The van der Waals surface area contributed by atoms with Gasteiger partial charge in [0.15, 0.2) is 0 Å². The van der Waals surface area contributed by atoms with Gasteiger partial charge in [-0.15, -0.1) is 0 Å². The summed E-state index contributed by atoms with van der Waals surface area (Å²) in [6.45, 7) is 4.17. The lowest BCUT2D eigenvalue weighted by Crippen LogP contribution is -2.24. The van der Waals surface area contributed by atoms with Gasteiger partial charge in [-0.25, -0.2) is 17.4 Å². The predicted octanol–water partition coefficient (Wildman–Crippen LogP) is 1.18. The number of benzene rings is 1. The smallest absolute Gasteiger partial charge is 0.244 e. The molecule has 3 rings (SSSR count). The van der Waals surface area contributed by atoms with Gasteiger partial charge in [-0.05, 0) is 38.5 Å². The molecule has 0 bridgehead atoms. The van der Waals surface area contributed by atoms with Crippen LogP contribution in [-0.2, 0) is 19.6 Å². The van der Waals surface area contributed by atoms with Gasteiger partial charge in [-0.1, -0.05) is 0 Å². The highest BCUT2D eigenvalue weighted by molar-refractivity contribution is 7.90. The maximum atomic E-state index is 12.4. The van der Waals surface area contributed by atoms with Crippen molar-refractivity contribution >= 4 is 38.6 Å². The number of aromatic nitrogens is 2. The molecule has 130 valence electrons. The highest BCUT2D eigenvalue weighted by Crippen LogP contribution is 2.25. The van der Waals surface area contributed by atoms with Crippen LogP contribution in [0, 0.1) is 5.92 Å². The number of nitrogen functional groups attached to an aromatic ring is 1. The summed E-state index contributed by atoms with van der Waals surface area (Å²) >= 11 is 0. The minimum Gasteiger partial charge on any atom is -0.381 e. The molecule has 1 aromatic heterocycles. The van der Waals surface area contributed by atoms with E-state index >= 15 is 0 Å².